The molecule has 6 nitrogen and oxygen atoms in total. The van der Waals surface area contributed by atoms with Gasteiger partial charge in [-0.25, -0.2) is 0 Å². The number of ether oxygens (including phenoxy) is 2. The van der Waals surface area contributed by atoms with Crippen molar-refractivity contribution in [1.29, 1.82) is 0 Å². The van der Waals surface area contributed by atoms with Crippen LogP contribution in [0.4, 0.5) is 0 Å². The lowest BCUT2D eigenvalue weighted by molar-refractivity contribution is -0.133. The Morgan fingerprint density at radius 1 is 1.21 bits per heavy atom. The van der Waals surface area contributed by atoms with Crippen LogP contribution in [0.3, 0.4) is 0 Å². The summed E-state index contributed by atoms with van der Waals surface area (Å²) in [6.07, 6.45) is 8.17. The molecule has 0 unspecified atom stereocenters. The largest absolute Gasteiger partial charge is 0.493 e. The van der Waals surface area contributed by atoms with Gasteiger partial charge in [0.15, 0.2) is 11.5 Å². The van der Waals surface area contributed by atoms with Crippen LogP contribution >= 0.6 is 11.6 Å². The highest BCUT2D eigenvalue weighted by Gasteiger charge is 2.40. The third-order valence-corrected chi connectivity index (χ3v) is 5.25. The third-order valence-electron chi connectivity index (χ3n) is 4.97. The molecule has 1 aromatic carbocycles. The molecule has 0 radical (unpaired) electrons. The Hall–Kier alpha value is -2.21. The summed E-state index contributed by atoms with van der Waals surface area (Å²) in [7, 11) is 1.55. The molecule has 0 bridgehead atoms. The van der Waals surface area contributed by atoms with E-state index in [1.165, 1.54) is 6.08 Å². The maximum atomic E-state index is 12.6. The molecule has 1 fully saturated rings. The highest BCUT2D eigenvalue weighted by molar-refractivity contribution is 6.32. The van der Waals surface area contributed by atoms with Crippen molar-refractivity contribution < 1.29 is 19.1 Å². The lowest BCUT2D eigenvalue weighted by Crippen LogP contribution is -2.59. The Kier molecular flexibility index (Phi) is 8.83. The second-order valence-corrected chi connectivity index (χ2v) is 7.61. The monoisotopic (exact) mass is 422 g/mol. The number of halogens is 1. The van der Waals surface area contributed by atoms with Crippen molar-refractivity contribution in [3.8, 4) is 11.5 Å². The van der Waals surface area contributed by atoms with Crippen LogP contribution in [0.25, 0.3) is 6.08 Å². The van der Waals surface area contributed by atoms with Crippen molar-refractivity contribution in [2.75, 3.05) is 20.3 Å². The molecular weight excluding hydrogens is 392 g/mol. The van der Waals surface area contributed by atoms with Crippen LogP contribution in [0.5, 0.6) is 11.5 Å². The van der Waals surface area contributed by atoms with Gasteiger partial charge in [0.2, 0.25) is 11.8 Å². The van der Waals surface area contributed by atoms with E-state index in [0.717, 1.165) is 25.7 Å². The van der Waals surface area contributed by atoms with Crippen LogP contribution in [0, 0.1) is 0 Å². The number of hydrogen-bond donors (Lipinski definition) is 2. The zero-order valence-corrected chi connectivity index (χ0v) is 18.2. The Morgan fingerprint density at radius 3 is 2.55 bits per heavy atom. The summed E-state index contributed by atoms with van der Waals surface area (Å²) in [5, 5.41) is 6.22. The van der Waals surface area contributed by atoms with Crippen molar-refractivity contribution in [3.05, 3.63) is 28.8 Å². The molecule has 29 heavy (non-hydrogen) atoms. The van der Waals surface area contributed by atoms with Gasteiger partial charge in [0.1, 0.15) is 5.54 Å². The van der Waals surface area contributed by atoms with Gasteiger partial charge in [0.25, 0.3) is 0 Å². The minimum absolute atomic E-state index is 0.108. The number of hydrogen-bond acceptors (Lipinski definition) is 4. The number of likely N-dealkylation sites (N-methyl/N-ethyl adjacent to an activating group) is 1. The fourth-order valence-corrected chi connectivity index (χ4v) is 3.80. The second kappa shape index (κ2) is 11.1. The summed E-state index contributed by atoms with van der Waals surface area (Å²) < 4.78 is 11.0. The zero-order valence-electron chi connectivity index (χ0n) is 17.5. The number of carbonyl (C=O) groups excluding carboxylic acids is 2. The van der Waals surface area contributed by atoms with Crippen LogP contribution in [-0.2, 0) is 9.59 Å². The number of carbonyl (C=O) groups is 2. The van der Waals surface area contributed by atoms with Gasteiger partial charge in [-0.3, -0.25) is 9.59 Å². The first-order valence-corrected chi connectivity index (χ1v) is 10.6. The highest BCUT2D eigenvalue weighted by atomic mass is 35.5. The molecule has 0 aliphatic heterocycles. The van der Waals surface area contributed by atoms with Gasteiger partial charge in [-0.2, -0.15) is 0 Å². The van der Waals surface area contributed by atoms with Gasteiger partial charge in [-0.1, -0.05) is 37.8 Å². The number of rotatable bonds is 9. The normalized spacial score (nSPS) is 15.7. The first-order chi connectivity index (χ1) is 14.0. The summed E-state index contributed by atoms with van der Waals surface area (Å²) in [4.78, 5) is 25.2. The first-order valence-electron chi connectivity index (χ1n) is 10.2. The molecule has 0 aromatic heterocycles. The third kappa shape index (κ3) is 6.13. The van der Waals surface area contributed by atoms with E-state index in [0.29, 0.717) is 48.1 Å². The Balaban J connectivity index is 2.14. The van der Waals surface area contributed by atoms with Crippen LogP contribution in [0.2, 0.25) is 5.02 Å². The van der Waals surface area contributed by atoms with E-state index in [1.807, 2.05) is 13.8 Å². The smallest absolute Gasteiger partial charge is 0.245 e. The second-order valence-electron chi connectivity index (χ2n) is 7.21. The topological polar surface area (TPSA) is 76.7 Å². The number of benzene rings is 1. The molecule has 1 aliphatic rings. The average molecular weight is 423 g/mol. The standard InChI is InChI=1S/C22H31ClN2O4/c1-4-13-29-20-17(23)14-16(15-18(20)28-3)9-10-19(26)25-22(21(27)24-5-2)11-7-6-8-12-22/h9-10,14-15H,4-8,11-13H2,1-3H3,(H,24,27)(H,25,26)/b10-9+. The summed E-state index contributed by atoms with van der Waals surface area (Å²) in [5.41, 5.74) is -0.121. The zero-order chi connectivity index (χ0) is 21.3. The van der Waals surface area contributed by atoms with Crippen LogP contribution in [-0.4, -0.2) is 37.6 Å². The molecule has 1 aliphatic carbocycles. The van der Waals surface area contributed by atoms with Gasteiger partial charge in [0, 0.05) is 12.6 Å². The van der Waals surface area contributed by atoms with E-state index in [1.54, 1.807) is 25.3 Å². The molecule has 2 rings (SSSR count). The SMILES string of the molecule is CCCOc1c(Cl)cc(/C=C/C(=O)NC2(C(=O)NCC)CCCCC2)cc1OC. The van der Waals surface area contributed by atoms with Gasteiger partial charge >= 0.3 is 0 Å². The van der Waals surface area contributed by atoms with Crippen molar-refractivity contribution in [3.63, 3.8) is 0 Å². The maximum absolute atomic E-state index is 12.6. The van der Waals surface area contributed by atoms with Gasteiger partial charge in [0.05, 0.1) is 18.7 Å². The Bertz CT molecular complexity index is 743. The van der Waals surface area contributed by atoms with E-state index in [9.17, 15) is 9.59 Å². The summed E-state index contributed by atoms with van der Waals surface area (Å²) in [6.45, 7) is 4.96. The molecular formula is C22H31ClN2O4. The Labute approximate surface area is 178 Å². The summed E-state index contributed by atoms with van der Waals surface area (Å²) >= 11 is 6.33. The lowest BCUT2D eigenvalue weighted by Gasteiger charge is -2.36. The van der Waals surface area contributed by atoms with E-state index < -0.39 is 5.54 Å². The highest BCUT2D eigenvalue weighted by Crippen LogP contribution is 2.37. The molecule has 0 spiro atoms. The molecule has 0 heterocycles. The predicted molar refractivity (Wildman–Crippen MR) is 115 cm³/mol. The van der Waals surface area contributed by atoms with E-state index in [4.69, 9.17) is 21.1 Å². The number of amides is 2. The van der Waals surface area contributed by atoms with E-state index >= 15 is 0 Å². The molecule has 1 aromatic rings. The number of nitrogens with one attached hydrogen (secondary N) is 2. The fraction of sp³-hybridized carbons (Fsp3) is 0.545. The first kappa shape index (κ1) is 23.1. The van der Waals surface area contributed by atoms with Gasteiger partial charge < -0.3 is 20.1 Å². The minimum atomic E-state index is -0.830. The molecule has 0 atom stereocenters. The van der Waals surface area contributed by atoms with Crippen molar-refractivity contribution in [1.82, 2.24) is 10.6 Å². The van der Waals surface area contributed by atoms with Crippen LogP contribution in [0.15, 0.2) is 18.2 Å². The average Bonchev–Trinajstić information content (AvgIpc) is 2.72. The van der Waals surface area contributed by atoms with Crippen molar-refractivity contribution >= 4 is 29.5 Å². The van der Waals surface area contributed by atoms with Crippen molar-refractivity contribution in [2.45, 2.75) is 57.9 Å². The fourth-order valence-electron chi connectivity index (χ4n) is 3.52. The molecule has 7 heteroatoms. The van der Waals surface area contributed by atoms with Crippen LogP contribution in [0.1, 0.15) is 57.9 Å². The quantitative estimate of drug-likeness (QED) is 0.587. The van der Waals surface area contributed by atoms with Gasteiger partial charge in [-0.15, -0.1) is 0 Å². The summed E-state index contributed by atoms with van der Waals surface area (Å²) in [5.74, 6) is 0.593. The van der Waals surface area contributed by atoms with E-state index in [2.05, 4.69) is 10.6 Å². The predicted octanol–water partition coefficient (Wildman–Crippen LogP) is 4.11. The summed E-state index contributed by atoms with van der Waals surface area (Å²) in [6, 6.07) is 3.49. The minimum Gasteiger partial charge on any atom is -0.493 e. The molecule has 160 valence electrons. The maximum Gasteiger partial charge on any atom is 0.245 e. The van der Waals surface area contributed by atoms with Crippen LogP contribution < -0.4 is 20.1 Å². The molecule has 2 N–H and O–H groups in total. The van der Waals surface area contributed by atoms with Gasteiger partial charge in [-0.05, 0) is 50.0 Å². The lowest BCUT2D eigenvalue weighted by atomic mass is 9.80. The van der Waals surface area contributed by atoms with E-state index in [-0.39, 0.29) is 11.8 Å². The molecule has 1 saturated carbocycles. The molecule has 0 saturated heterocycles. The van der Waals surface area contributed by atoms with Crippen molar-refractivity contribution in [2.24, 2.45) is 0 Å². The number of methoxy groups -OCH3 is 1. The molecule has 2 amide bonds. The Morgan fingerprint density at radius 2 is 1.93 bits per heavy atom.